The van der Waals surface area contributed by atoms with Crippen LogP contribution < -0.4 is 5.14 Å². The van der Waals surface area contributed by atoms with Crippen molar-refractivity contribution in [2.75, 3.05) is 25.4 Å². The van der Waals surface area contributed by atoms with Gasteiger partial charge >= 0.3 is 5.97 Å². The van der Waals surface area contributed by atoms with Gasteiger partial charge in [0.2, 0.25) is 10.0 Å². The third-order valence-corrected chi connectivity index (χ3v) is 4.52. The number of hydrogen-bond donors (Lipinski definition) is 2. The molecule has 0 aromatic heterocycles. The van der Waals surface area contributed by atoms with Gasteiger partial charge in [0.15, 0.2) is 0 Å². The van der Waals surface area contributed by atoms with E-state index in [-0.39, 0.29) is 11.7 Å². The number of sulfonamides is 1. The molecule has 18 heavy (non-hydrogen) atoms. The zero-order valence-corrected chi connectivity index (χ0v) is 11.7. The van der Waals surface area contributed by atoms with Gasteiger partial charge in [-0.05, 0) is 39.2 Å². The van der Waals surface area contributed by atoms with Crippen LogP contribution in [0.15, 0.2) is 0 Å². The maximum Gasteiger partial charge on any atom is 0.309 e. The number of nitrogens with zero attached hydrogens (tertiary/aromatic N) is 1. The van der Waals surface area contributed by atoms with E-state index in [1.165, 1.54) is 0 Å². The average molecular weight is 278 g/mol. The molecule has 1 atom stereocenters. The highest BCUT2D eigenvalue weighted by Crippen LogP contribution is 2.34. The number of likely N-dealkylation sites (tertiary alicyclic amines) is 1. The molecule has 0 bridgehead atoms. The Kier molecular flexibility index (Phi) is 4.74. The van der Waals surface area contributed by atoms with E-state index in [9.17, 15) is 18.3 Å². The quantitative estimate of drug-likeness (QED) is 0.742. The Hall–Kier alpha value is -0.660. The zero-order valence-electron chi connectivity index (χ0n) is 10.9. The third kappa shape index (κ3) is 4.22. The van der Waals surface area contributed by atoms with Crippen LogP contribution in [-0.2, 0) is 14.8 Å². The van der Waals surface area contributed by atoms with E-state index in [0.29, 0.717) is 13.1 Å². The molecule has 0 amide bonds. The Bertz CT molecular complexity index is 405. The van der Waals surface area contributed by atoms with E-state index < -0.39 is 21.4 Å². The molecule has 0 aromatic carbocycles. The molecule has 1 unspecified atom stereocenters. The van der Waals surface area contributed by atoms with Gasteiger partial charge in [-0.25, -0.2) is 13.6 Å². The normalized spacial score (nSPS) is 22.9. The second kappa shape index (κ2) is 5.54. The summed E-state index contributed by atoms with van der Waals surface area (Å²) in [5.41, 5.74) is -0.778. The average Bonchev–Trinajstić information content (AvgIpc) is 2.25. The maximum atomic E-state index is 11.2. The van der Waals surface area contributed by atoms with Crippen molar-refractivity contribution in [1.82, 2.24) is 4.90 Å². The monoisotopic (exact) mass is 278 g/mol. The molecule has 106 valence electrons. The highest BCUT2D eigenvalue weighted by Gasteiger charge is 2.38. The summed E-state index contributed by atoms with van der Waals surface area (Å²) in [6.07, 6.45) is 1.76. The highest BCUT2D eigenvalue weighted by atomic mass is 32.2. The largest absolute Gasteiger partial charge is 0.481 e. The fraction of sp³-hybridized carbons (Fsp3) is 0.909. The number of rotatable bonds is 5. The van der Waals surface area contributed by atoms with Crippen molar-refractivity contribution in [2.24, 2.45) is 16.5 Å². The predicted octanol–water partition coefficient (Wildman–Crippen LogP) is 0.0977. The fourth-order valence-corrected chi connectivity index (χ4v) is 2.79. The molecule has 1 rings (SSSR count). The lowest BCUT2D eigenvalue weighted by atomic mass is 9.74. The van der Waals surface area contributed by atoms with Crippen LogP contribution in [0.2, 0.25) is 0 Å². The predicted molar refractivity (Wildman–Crippen MR) is 68.6 cm³/mol. The first kappa shape index (κ1) is 15.4. The molecule has 7 heteroatoms. The summed E-state index contributed by atoms with van der Waals surface area (Å²) in [5, 5.41) is 14.2. The molecule has 1 heterocycles. The molecule has 3 N–H and O–H groups in total. The van der Waals surface area contributed by atoms with Crippen LogP contribution in [0.1, 0.15) is 26.7 Å². The van der Waals surface area contributed by atoms with Crippen LogP contribution in [0.4, 0.5) is 0 Å². The van der Waals surface area contributed by atoms with E-state index in [1.807, 2.05) is 4.90 Å². The molecule has 0 aliphatic carbocycles. The lowest BCUT2D eigenvalue weighted by molar-refractivity contribution is -0.151. The molecule has 6 nitrogen and oxygen atoms in total. The lowest BCUT2D eigenvalue weighted by Crippen LogP contribution is -2.46. The molecule has 0 radical (unpaired) electrons. The van der Waals surface area contributed by atoms with Crippen LogP contribution in [0, 0.1) is 11.3 Å². The molecular formula is C11H22N2O4S. The van der Waals surface area contributed by atoms with E-state index >= 15 is 0 Å². The number of primary sulfonamides is 1. The molecule has 1 aliphatic heterocycles. The van der Waals surface area contributed by atoms with Crippen LogP contribution in [0.5, 0.6) is 0 Å². The molecule has 1 aliphatic rings. The van der Waals surface area contributed by atoms with Gasteiger partial charge in [0.05, 0.1) is 11.2 Å². The van der Waals surface area contributed by atoms with Crippen LogP contribution in [0.3, 0.4) is 0 Å². The summed E-state index contributed by atoms with van der Waals surface area (Å²) in [4.78, 5) is 13.2. The highest BCUT2D eigenvalue weighted by molar-refractivity contribution is 7.89. The summed E-state index contributed by atoms with van der Waals surface area (Å²) >= 11 is 0. The molecule has 1 saturated heterocycles. The van der Waals surface area contributed by atoms with Gasteiger partial charge in [-0.3, -0.25) is 4.79 Å². The van der Waals surface area contributed by atoms with Crippen molar-refractivity contribution in [2.45, 2.75) is 26.7 Å². The van der Waals surface area contributed by atoms with Crippen LogP contribution >= 0.6 is 0 Å². The second-order valence-electron chi connectivity index (χ2n) is 5.53. The summed E-state index contributed by atoms with van der Waals surface area (Å²) in [6, 6.07) is 0. The summed E-state index contributed by atoms with van der Waals surface area (Å²) in [5.74, 6) is -0.835. The van der Waals surface area contributed by atoms with E-state index in [4.69, 9.17) is 5.14 Å². The third-order valence-electron chi connectivity index (χ3n) is 3.77. The van der Waals surface area contributed by atoms with E-state index in [1.54, 1.807) is 13.8 Å². The number of hydrogen-bond acceptors (Lipinski definition) is 4. The van der Waals surface area contributed by atoms with Crippen molar-refractivity contribution >= 4 is 16.0 Å². The molecule has 1 fully saturated rings. The van der Waals surface area contributed by atoms with Gasteiger partial charge < -0.3 is 10.0 Å². The number of carbonyl (C=O) groups is 1. The Balaban J connectivity index is 2.59. The lowest BCUT2D eigenvalue weighted by Gasteiger charge is -2.39. The number of nitrogens with two attached hydrogens (primary N) is 1. The number of carboxylic acid groups (broad SMARTS) is 1. The van der Waals surface area contributed by atoms with Crippen molar-refractivity contribution in [3.8, 4) is 0 Å². The minimum atomic E-state index is -3.45. The van der Waals surface area contributed by atoms with Crippen molar-refractivity contribution in [1.29, 1.82) is 0 Å². The van der Waals surface area contributed by atoms with Gasteiger partial charge in [0.1, 0.15) is 0 Å². The summed E-state index contributed by atoms with van der Waals surface area (Å²) in [7, 11) is -3.45. The summed E-state index contributed by atoms with van der Waals surface area (Å²) < 4.78 is 21.8. The molecular weight excluding hydrogens is 256 g/mol. The minimum absolute atomic E-state index is 0.0456. The topological polar surface area (TPSA) is 101 Å². The number of piperidine rings is 1. The van der Waals surface area contributed by atoms with Crippen molar-refractivity contribution < 1.29 is 18.3 Å². The Morgan fingerprint density at radius 3 is 2.61 bits per heavy atom. The first-order valence-electron chi connectivity index (χ1n) is 6.09. The smallest absolute Gasteiger partial charge is 0.309 e. The van der Waals surface area contributed by atoms with Gasteiger partial charge in [0.25, 0.3) is 0 Å². The molecule has 0 aromatic rings. The maximum absolute atomic E-state index is 11.2. The minimum Gasteiger partial charge on any atom is -0.481 e. The van der Waals surface area contributed by atoms with Crippen LogP contribution in [0.25, 0.3) is 0 Å². The Morgan fingerprint density at radius 1 is 1.50 bits per heavy atom. The van der Waals surface area contributed by atoms with Crippen molar-refractivity contribution in [3.63, 3.8) is 0 Å². The van der Waals surface area contributed by atoms with Crippen molar-refractivity contribution in [3.05, 3.63) is 0 Å². The second-order valence-corrected chi connectivity index (χ2v) is 7.27. The molecule has 0 spiro atoms. The fourth-order valence-electron chi connectivity index (χ4n) is 2.28. The number of aliphatic carboxylic acids is 1. The van der Waals surface area contributed by atoms with E-state index in [0.717, 1.165) is 19.4 Å². The van der Waals surface area contributed by atoms with E-state index in [2.05, 4.69) is 0 Å². The zero-order chi connectivity index (χ0) is 14.0. The SMILES string of the molecule is CC(C)(C(=O)O)C1CCCN(CCS(N)(=O)=O)C1. The van der Waals surface area contributed by atoms with Crippen LogP contribution in [-0.4, -0.2) is 49.8 Å². The van der Waals surface area contributed by atoms with Gasteiger partial charge in [-0.1, -0.05) is 0 Å². The first-order chi connectivity index (χ1) is 8.13. The summed E-state index contributed by atoms with van der Waals surface area (Å²) in [6.45, 7) is 5.26. The van der Waals surface area contributed by atoms with Gasteiger partial charge in [0, 0.05) is 13.1 Å². The van der Waals surface area contributed by atoms with Gasteiger partial charge in [-0.15, -0.1) is 0 Å². The Morgan fingerprint density at radius 2 is 2.11 bits per heavy atom. The molecule has 0 saturated carbocycles. The standard InChI is InChI=1S/C11H22N2O4S/c1-11(2,10(14)15)9-4-3-5-13(8-9)6-7-18(12,16)17/h9H,3-8H2,1-2H3,(H,14,15)(H2,12,16,17). The van der Waals surface area contributed by atoms with Gasteiger partial charge in [-0.2, -0.15) is 0 Å². The number of carboxylic acids is 1. The first-order valence-corrected chi connectivity index (χ1v) is 7.80. The Labute approximate surface area is 108 Å².